The fraction of sp³-hybridized carbons (Fsp3) is 0.241. The Morgan fingerprint density at radius 1 is 1.00 bits per heavy atom. The Morgan fingerprint density at radius 2 is 1.68 bits per heavy atom. The summed E-state index contributed by atoms with van der Waals surface area (Å²) >= 11 is 0. The van der Waals surface area contributed by atoms with Gasteiger partial charge in [0, 0.05) is 18.2 Å². The Morgan fingerprint density at radius 3 is 2.32 bits per heavy atom. The van der Waals surface area contributed by atoms with E-state index < -0.39 is 0 Å². The van der Waals surface area contributed by atoms with Crippen LogP contribution in [0.15, 0.2) is 78.9 Å². The fourth-order valence-electron chi connectivity index (χ4n) is 4.19. The second-order valence-electron chi connectivity index (χ2n) is 8.60. The van der Waals surface area contributed by atoms with Gasteiger partial charge in [-0.1, -0.05) is 92.6 Å². The van der Waals surface area contributed by atoms with Crippen LogP contribution in [0.25, 0.3) is 22.6 Å². The van der Waals surface area contributed by atoms with Gasteiger partial charge in [-0.3, -0.25) is 4.79 Å². The maximum absolute atomic E-state index is 14.5. The summed E-state index contributed by atoms with van der Waals surface area (Å²) in [7, 11) is 1.84. The summed E-state index contributed by atoms with van der Waals surface area (Å²) in [5, 5.41) is 3.23. The first-order chi connectivity index (χ1) is 16.5. The van der Waals surface area contributed by atoms with Gasteiger partial charge in [-0.05, 0) is 30.5 Å². The number of hydrogen-bond donors (Lipinski definition) is 1. The number of hydrogen-bond acceptors (Lipinski definition) is 2. The molecule has 0 saturated carbocycles. The summed E-state index contributed by atoms with van der Waals surface area (Å²) in [6, 6.07) is 24.6. The predicted octanol–water partition coefficient (Wildman–Crippen LogP) is 6.86. The summed E-state index contributed by atoms with van der Waals surface area (Å²) in [6.07, 6.45) is 2.87. The Bertz CT molecular complexity index is 1270. The Kier molecular flexibility index (Phi) is 7.21. The van der Waals surface area contributed by atoms with Crippen molar-refractivity contribution >= 4 is 5.91 Å². The van der Waals surface area contributed by atoms with Crippen molar-refractivity contribution in [3.8, 4) is 22.6 Å². The number of imidazole rings is 1. The molecule has 174 valence electrons. The minimum atomic E-state index is -0.319. The average Bonchev–Trinajstić information content (AvgIpc) is 3.21. The Balaban J connectivity index is 1.79. The number of nitrogens with zero attached hydrogens (tertiary/aromatic N) is 2. The van der Waals surface area contributed by atoms with E-state index in [0.29, 0.717) is 28.3 Å². The lowest BCUT2D eigenvalue weighted by Crippen LogP contribution is -2.30. The molecule has 0 bridgehead atoms. The molecule has 1 N–H and O–H groups in total. The maximum atomic E-state index is 14.5. The van der Waals surface area contributed by atoms with Crippen LogP contribution in [0.4, 0.5) is 4.39 Å². The second kappa shape index (κ2) is 10.5. The SMILES string of the molecule is CCCCC(NC(=O)c1c(-c2ccc(C)c(F)c2)nc(-c2ccccc2)n1C)c1ccccc1. The van der Waals surface area contributed by atoms with Gasteiger partial charge in [0.2, 0.25) is 0 Å². The fourth-order valence-corrected chi connectivity index (χ4v) is 4.19. The van der Waals surface area contributed by atoms with Crippen molar-refractivity contribution in [2.24, 2.45) is 7.05 Å². The summed E-state index contributed by atoms with van der Waals surface area (Å²) in [5.41, 5.74) is 3.98. The number of halogens is 1. The molecule has 4 aromatic rings. The highest BCUT2D eigenvalue weighted by Gasteiger charge is 2.25. The molecule has 0 aliphatic carbocycles. The van der Waals surface area contributed by atoms with Gasteiger partial charge in [-0.2, -0.15) is 0 Å². The second-order valence-corrected chi connectivity index (χ2v) is 8.60. The van der Waals surface area contributed by atoms with Crippen LogP contribution in [0, 0.1) is 12.7 Å². The molecule has 0 aliphatic rings. The Hall–Kier alpha value is -3.73. The van der Waals surface area contributed by atoms with Crippen LogP contribution in [0.2, 0.25) is 0 Å². The maximum Gasteiger partial charge on any atom is 0.270 e. The quantitative estimate of drug-likeness (QED) is 0.315. The first-order valence-electron chi connectivity index (χ1n) is 11.7. The van der Waals surface area contributed by atoms with Gasteiger partial charge >= 0.3 is 0 Å². The third-order valence-electron chi connectivity index (χ3n) is 6.14. The molecule has 34 heavy (non-hydrogen) atoms. The van der Waals surface area contributed by atoms with Crippen LogP contribution in [0.1, 0.15) is 53.8 Å². The molecular weight excluding hydrogens is 425 g/mol. The van der Waals surface area contributed by atoms with E-state index in [2.05, 4.69) is 12.2 Å². The molecule has 1 amide bonds. The van der Waals surface area contributed by atoms with Gasteiger partial charge in [0.05, 0.1) is 6.04 Å². The molecular formula is C29H30FN3O. The van der Waals surface area contributed by atoms with Gasteiger partial charge in [-0.25, -0.2) is 9.37 Å². The molecule has 1 heterocycles. The van der Waals surface area contributed by atoms with Crippen molar-refractivity contribution in [1.82, 2.24) is 14.9 Å². The molecule has 4 nitrogen and oxygen atoms in total. The zero-order valence-corrected chi connectivity index (χ0v) is 19.9. The lowest BCUT2D eigenvalue weighted by atomic mass is 10.0. The summed E-state index contributed by atoms with van der Waals surface area (Å²) < 4.78 is 16.3. The van der Waals surface area contributed by atoms with Crippen molar-refractivity contribution in [2.75, 3.05) is 0 Å². The number of rotatable bonds is 8. The molecule has 5 heteroatoms. The number of nitrogens with one attached hydrogen (secondary N) is 1. The number of benzene rings is 3. The smallest absolute Gasteiger partial charge is 0.270 e. The van der Waals surface area contributed by atoms with Crippen LogP contribution < -0.4 is 5.32 Å². The first-order valence-corrected chi connectivity index (χ1v) is 11.7. The van der Waals surface area contributed by atoms with Crippen molar-refractivity contribution < 1.29 is 9.18 Å². The zero-order valence-electron chi connectivity index (χ0n) is 19.9. The largest absolute Gasteiger partial charge is 0.344 e. The number of carbonyl (C=O) groups is 1. The van der Waals surface area contributed by atoms with Crippen LogP contribution >= 0.6 is 0 Å². The van der Waals surface area contributed by atoms with Crippen LogP contribution in [0.5, 0.6) is 0 Å². The van der Waals surface area contributed by atoms with E-state index in [9.17, 15) is 9.18 Å². The van der Waals surface area contributed by atoms with E-state index >= 15 is 0 Å². The standard InChI is InChI=1S/C29H30FN3O/c1-4-5-16-25(21-12-8-6-9-13-21)31-29(34)27-26(23-18-17-20(2)24(30)19-23)32-28(33(27)3)22-14-10-7-11-15-22/h6-15,17-19,25H,4-5,16H2,1-3H3,(H,31,34). The summed E-state index contributed by atoms with van der Waals surface area (Å²) in [4.78, 5) is 18.6. The molecule has 3 aromatic carbocycles. The average molecular weight is 456 g/mol. The van der Waals surface area contributed by atoms with Crippen molar-refractivity contribution in [1.29, 1.82) is 0 Å². The number of unbranched alkanes of at least 4 members (excludes halogenated alkanes) is 1. The highest BCUT2D eigenvalue weighted by Crippen LogP contribution is 2.30. The highest BCUT2D eigenvalue weighted by atomic mass is 19.1. The molecule has 1 unspecified atom stereocenters. The lowest BCUT2D eigenvalue weighted by molar-refractivity contribution is 0.0926. The first kappa shape index (κ1) is 23.4. The van der Waals surface area contributed by atoms with Gasteiger partial charge in [0.15, 0.2) is 0 Å². The minimum Gasteiger partial charge on any atom is -0.344 e. The minimum absolute atomic E-state index is 0.119. The van der Waals surface area contributed by atoms with Crippen molar-refractivity contribution in [3.05, 3.63) is 102 Å². The van der Waals surface area contributed by atoms with E-state index in [1.165, 1.54) is 6.07 Å². The zero-order chi connectivity index (χ0) is 24.1. The van der Waals surface area contributed by atoms with Gasteiger partial charge < -0.3 is 9.88 Å². The lowest BCUT2D eigenvalue weighted by Gasteiger charge is -2.20. The highest BCUT2D eigenvalue weighted by molar-refractivity contribution is 5.99. The molecule has 0 fully saturated rings. The molecule has 1 aromatic heterocycles. The molecule has 0 spiro atoms. The summed E-state index contributed by atoms with van der Waals surface area (Å²) in [6.45, 7) is 3.86. The van der Waals surface area contributed by atoms with E-state index in [1.807, 2.05) is 73.8 Å². The third-order valence-corrected chi connectivity index (χ3v) is 6.14. The Labute approximate surface area is 200 Å². The van der Waals surface area contributed by atoms with Crippen molar-refractivity contribution in [3.63, 3.8) is 0 Å². The molecule has 0 saturated heterocycles. The normalized spacial score (nSPS) is 11.9. The molecule has 0 radical (unpaired) electrons. The van der Waals surface area contributed by atoms with E-state index in [1.54, 1.807) is 17.6 Å². The molecule has 4 rings (SSSR count). The van der Waals surface area contributed by atoms with Crippen LogP contribution in [-0.2, 0) is 7.05 Å². The predicted molar refractivity (Wildman–Crippen MR) is 135 cm³/mol. The van der Waals surface area contributed by atoms with Gasteiger partial charge in [0.25, 0.3) is 5.91 Å². The number of carbonyl (C=O) groups excluding carboxylic acids is 1. The monoisotopic (exact) mass is 455 g/mol. The summed E-state index contributed by atoms with van der Waals surface area (Å²) in [5.74, 6) is 0.116. The van der Waals surface area contributed by atoms with E-state index in [-0.39, 0.29) is 17.8 Å². The molecule has 1 atom stereocenters. The van der Waals surface area contributed by atoms with Crippen molar-refractivity contribution in [2.45, 2.75) is 39.2 Å². The van der Waals surface area contributed by atoms with Gasteiger partial charge in [-0.15, -0.1) is 0 Å². The van der Waals surface area contributed by atoms with E-state index in [4.69, 9.17) is 4.98 Å². The number of aromatic nitrogens is 2. The van der Waals surface area contributed by atoms with E-state index in [0.717, 1.165) is 30.4 Å². The topological polar surface area (TPSA) is 46.9 Å². The van der Waals surface area contributed by atoms with Crippen LogP contribution in [0.3, 0.4) is 0 Å². The third kappa shape index (κ3) is 4.93. The number of amides is 1. The molecule has 0 aliphatic heterocycles. The number of aryl methyl sites for hydroxylation is 1. The van der Waals surface area contributed by atoms with Crippen LogP contribution in [-0.4, -0.2) is 15.5 Å². The van der Waals surface area contributed by atoms with Gasteiger partial charge in [0.1, 0.15) is 23.0 Å².